The highest BCUT2D eigenvalue weighted by Crippen LogP contribution is 2.47. The molecular weight excluding hydrogens is 452 g/mol. The molecule has 1 amide bonds. The van der Waals surface area contributed by atoms with Crippen LogP contribution in [0, 0.1) is 0 Å². The first-order valence-corrected chi connectivity index (χ1v) is 13.3. The summed E-state index contributed by atoms with van der Waals surface area (Å²) in [5, 5.41) is 10.3. The molecule has 2 aliphatic heterocycles. The van der Waals surface area contributed by atoms with Gasteiger partial charge in [-0.05, 0) is 67.9 Å². The molecule has 7 rings (SSSR count). The van der Waals surface area contributed by atoms with E-state index < -0.39 is 0 Å². The maximum atomic E-state index is 13.3. The van der Waals surface area contributed by atoms with E-state index in [0.717, 1.165) is 66.8 Å². The van der Waals surface area contributed by atoms with Crippen molar-refractivity contribution in [1.82, 2.24) is 19.7 Å². The number of benzene rings is 2. The Morgan fingerprint density at radius 2 is 2.11 bits per heavy atom. The van der Waals surface area contributed by atoms with Crippen LogP contribution in [0.2, 0.25) is 0 Å². The number of hydrogen-bond donors (Lipinski definition) is 1. The van der Waals surface area contributed by atoms with Gasteiger partial charge in [-0.15, -0.1) is 0 Å². The predicted octanol–water partition coefficient (Wildman–Crippen LogP) is 4.82. The maximum absolute atomic E-state index is 13.3. The Kier molecular flexibility index (Phi) is 5.18. The number of carbonyl (C=O) groups excluding carboxylic acids is 1. The molecule has 1 N–H and O–H groups in total. The van der Waals surface area contributed by atoms with Crippen molar-refractivity contribution in [2.75, 3.05) is 19.8 Å². The molecule has 1 fully saturated rings. The second kappa shape index (κ2) is 8.46. The van der Waals surface area contributed by atoms with Crippen LogP contribution >= 0.6 is 0 Å². The zero-order valence-electron chi connectivity index (χ0n) is 21.0. The number of ether oxygens (including phenoxy) is 2. The van der Waals surface area contributed by atoms with Crippen LogP contribution in [0.25, 0.3) is 32.9 Å². The van der Waals surface area contributed by atoms with Crippen molar-refractivity contribution >= 4 is 27.7 Å². The fourth-order valence-electron chi connectivity index (χ4n) is 6.67. The molecule has 4 heterocycles. The van der Waals surface area contributed by atoms with Crippen molar-refractivity contribution in [2.24, 2.45) is 7.05 Å². The summed E-state index contributed by atoms with van der Waals surface area (Å²) in [5.74, 6) is 0.0295. The van der Waals surface area contributed by atoms with Crippen LogP contribution in [0.3, 0.4) is 0 Å². The lowest BCUT2D eigenvalue weighted by molar-refractivity contribution is 0.0150. The summed E-state index contributed by atoms with van der Waals surface area (Å²) in [6.45, 7) is 5.56. The minimum Gasteiger partial charge on any atom is -0.380 e. The van der Waals surface area contributed by atoms with E-state index in [4.69, 9.17) is 14.6 Å². The van der Waals surface area contributed by atoms with E-state index >= 15 is 0 Å². The topological polar surface area (TPSA) is 70.3 Å². The van der Waals surface area contributed by atoms with Crippen molar-refractivity contribution in [3.05, 3.63) is 52.3 Å². The standard InChI is InChI=1S/C29H32N4O3/c1-3-35-13-11-33-23-10-7-17(24-6-4-5-12-36-24)14-19(23)26-20-15-30-29(34)27(20)25-18(28(26)33)8-9-22-21(25)16-32(2)31-22/h7,10,14,16,24H,3-6,8-9,11-13,15H2,1-2H3,(H,30,34). The first kappa shape index (κ1) is 22.1. The first-order chi connectivity index (χ1) is 17.7. The van der Waals surface area contributed by atoms with Gasteiger partial charge < -0.3 is 19.4 Å². The Bertz CT molecular complexity index is 1520. The molecule has 36 heavy (non-hydrogen) atoms. The van der Waals surface area contributed by atoms with Gasteiger partial charge in [0.05, 0.1) is 29.5 Å². The third-order valence-electron chi connectivity index (χ3n) is 8.18. The quantitative estimate of drug-likeness (QED) is 0.413. The van der Waals surface area contributed by atoms with Crippen molar-refractivity contribution in [3.63, 3.8) is 0 Å². The van der Waals surface area contributed by atoms with E-state index in [1.807, 2.05) is 18.7 Å². The Morgan fingerprint density at radius 3 is 2.94 bits per heavy atom. The molecule has 0 bridgehead atoms. The Morgan fingerprint density at radius 1 is 1.19 bits per heavy atom. The number of hydrogen-bond acceptors (Lipinski definition) is 4. The molecule has 0 saturated carbocycles. The molecule has 7 heteroatoms. The van der Waals surface area contributed by atoms with Crippen molar-refractivity contribution in [1.29, 1.82) is 0 Å². The van der Waals surface area contributed by atoms with Gasteiger partial charge in [-0.25, -0.2) is 0 Å². The second-order valence-electron chi connectivity index (χ2n) is 10.3. The fraction of sp³-hybridized carbons (Fsp3) is 0.448. The Balaban J connectivity index is 1.56. The largest absolute Gasteiger partial charge is 0.380 e. The monoisotopic (exact) mass is 484 g/mol. The summed E-state index contributed by atoms with van der Waals surface area (Å²) < 4.78 is 16.3. The van der Waals surface area contributed by atoms with Crippen LogP contribution < -0.4 is 5.32 Å². The summed E-state index contributed by atoms with van der Waals surface area (Å²) in [6.07, 6.45) is 7.38. The third-order valence-corrected chi connectivity index (χ3v) is 8.18. The zero-order chi connectivity index (χ0) is 24.4. The lowest BCUT2D eigenvalue weighted by Crippen LogP contribution is -2.15. The van der Waals surface area contributed by atoms with Gasteiger partial charge in [-0.3, -0.25) is 9.48 Å². The van der Waals surface area contributed by atoms with Crippen LogP contribution in [0.5, 0.6) is 0 Å². The summed E-state index contributed by atoms with van der Waals surface area (Å²) in [6, 6.07) is 6.83. The van der Waals surface area contributed by atoms with Crippen molar-refractivity contribution in [3.8, 4) is 11.1 Å². The van der Waals surface area contributed by atoms with Crippen molar-refractivity contribution in [2.45, 2.75) is 58.2 Å². The van der Waals surface area contributed by atoms with Crippen LogP contribution in [0.15, 0.2) is 24.4 Å². The van der Waals surface area contributed by atoms with Gasteiger partial charge >= 0.3 is 0 Å². The van der Waals surface area contributed by atoms with Crippen LogP contribution in [0.1, 0.15) is 65.0 Å². The lowest BCUT2D eigenvalue weighted by atomic mass is 9.82. The normalized spacial score (nSPS) is 18.9. The molecule has 0 radical (unpaired) electrons. The number of amides is 1. The highest BCUT2D eigenvalue weighted by molar-refractivity contribution is 6.19. The highest BCUT2D eigenvalue weighted by Gasteiger charge is 2.35. The van der Waals surface area contributed by atoms with Gasteiger partial charge in [0.15, 0.2) is 0 Å². The summed E-state index contributed by atoms with van der Waals surface area (Å²) in [7, 11) is 1.96. The molecule has 1 saturated heterocycles. The van der Waals surface area contributed by atoms with Crippen molar-refractivity contribution < 1.29 is 14.3 Å². The van der Waals surface area contributed by atoms with Crippen LogP contribution in [-0.2, 0) is 42.5 Å². The van der Waals surface area contributed by atoms with Crippen LogP contribution in [-0.4, -0.2) is 40.1 Å². The number of nitrogens with one attached hydrogen (secondary N) is 1. The Hall–Kier alpha value is -3.16. The average Bonchev–Trinajstić information content (AvgIpc) is 3.57. The predicted molar refractivity (Wildman–Crippen MR) is 139 cm³/mol. The molecule has 4 aromatic rings. The Labute approximate surface area is 210 Å². The summed E-state index contributed by atoms with van der Waals surface area (Å²) in [5.41, 5.74) is 10.2. The van der Waals surface area contributed by atoms with Crippen LogP contribution in [0.4, 0.5) is 0 Å². The SMILES string of the molecule is CCOCCn1c2ccc(C3CCCCO3)cc2c2c3c(c4c(c21)CCc1nn(C)cc1-4)C(=O)NC3. The van der Waals surface area contributed by atoms with E-state index in [1.165, 1.54) is 39.4 Å². The number of aromatic nitrogens is 3. The molecule has 2 aromatic carbocycles. The summed E-state index contributed by atoms with van der Waals surface area (Å²) in [4.78, 5) is 13.3. The minimum atomic E-state index is 0.0295. The molecule has 1 unspecified atom stereocenters. The van der Waals surface area contributed by atoms with E-state index in [1.54, 1.807) is 0 Å². The summed E-state index contributed by atoms with van der Waals surface area (Å²) >= 11 is 0. The molecule has 3 aliphatic rings. The lowest BCUT2D eigenvalue weighted by Gasteiger charge is -2.23. The first-order valence-electron chi connectivity index (χ1n) is 13.3. The van der Waals surface area contributed by atoms with Gasteiger partial charge in [0.25, 0.3) is 5.91 Å². The molecule has 2 aromatic heterocycles. The fourth-order valence-corrected chi connectivity index (χ4v) is 6.67. The van der Waals surface area contributed by atoms with E-state index in [9.17, 15) is 4.79 Å². The van der Waals surface area contributed by atoms with Gasteiger partial charge in [0.2, 0.25) is 0 Å². The van der Waals surface area contributed by atoms with Gasteiger partial charge in [0, 0.05) is 67.0 Å². The molecule has 1 aliphatic carbocycles. The van der Waals surface area contributed by atoms with Gasteiger partial charge in [-0.2, -0.15) is 5.10 Å². The van der Waals surface area contributed by atoms with Gasteiger partial charge in [0.1, 0.15) is 0 Å². The molecule has 7 nitrogen and oxygen atoms in total. The second-order valence-corrected chi connectivity index (χ2v) is 10.3. The zero-order valence-corrected chi connectivity index (χ0v) is 21.0. The molecule has 1 atom stereocenters. The number of carbonyl (C=O) groups is 1. The van der Waals surface area contributed by atoms with E-state index in [2.05, 4.69) is 34.3 Å². The van der Waals surface area contributed by atoms with Gasteiger partial charge in [-0.1, -0.05) is 6.07 Å². The number of aryl methyl sites for hydroxylation is 3. The number of fused-ring (bicyclic) bond motifs is 10. The minimum absolute atomic E-state index is 0.0295. The third kappa shape index (κ3) is 3.19. The van der Waals surface area contributed by atoms with E-state index in [-0.39, 0.29) is 12.0 Å². The number of nitrogens with zero attached hydrogens (tertiary/aromatic N) is 3. The smallest absolute Gasteiger partial charge is 0.252 e. The van der Waals surface area contributed by atoms with E-state index in [0.29, 0.717) is 19.8 Å². The average molecular weight is 485 g/mol. The highest BCUT2D eigenvalue weighted by atomic mass is 16.5. The maximum Gasteiger partial charge on any atom is 0.252 e. The number of rotatable bonds is 5. The molecule has 186 valence electrons. The molecular formula is C29H32N4O3. The molecule has 0 spiro atoms.